The summed E-state index contributed by atoms with van der Waals surface area (Å²) in [6.45, 7) is 0. The highest BCUT2D eigenvalue weighted by Crippen LogP contribution is 2.23. The molecule has 0 heterocycles. The van der Waals surface area contributed by atoms with E-state index in [0.717, 1.165) is 0 Å². The van der Waals surface area contributed by atoms with Gasteiger partial charge in [-0.25, -0.2) is 9.18 Å². The molecule has 0 unspecified atom stereocenters. The first kappa shape index (κ1) is 14.9. The molecule has 0 amide bonds. The molecule has 104 valence electrons. The normalized spacial score (nSPS) is 11.0. The van der Waals surface area contributed by atoms with Crippen LogP contribution in [-0.2, 0) is 0 Å². The van der Waals surface area contributed by atoms with Gasteiger partial charge >= 0.3 is 5.97 Å². The highest BCUT2D eigenvalue weighted by Gasteiger charge is 2.08. The number of nitriles is 1. The molecule has 5 heteroatoms. The first-order valence-electron chi connectivity index (χ1n) is 5.92. The number of hydrogen-bond donors (Lipinski definition) is 1. The average molecular weight is 346 g/mol. The smallest absolute Gasteiger partial charge is 0.336 e. The SMILES string of the molecule is N#C/C(=C\c1ccc(C(=O)O)c(Br)c1)c1cccc(F)c1. The summed E-state index contributed by atoms with van der Waals surface area (Å²) in [5.74, 6) is -1.46. The van der Waals surface area contributed by atoms with Crippen LogP contribution in [0.3, 0.4) is 0 Å². The number of carbonyl (C=O) groups is 1. The monoisotopic (exact) mass is 345 g/mol. The van der Waals surface area contributed by atoms with Gasteiger partial charge < -0.3 is 5.11 Å². The number of carboxylic acid groups (broad SMARTS) is 1. The molecule has 0 aromatic heterocycles. The maximum atomic E-state index is 13.2. The zero-order valence-corrected chi connectivity index (χ0v) is 12.3. The first-order valence-corrected chi connectivity index (χ1v) is 6.71. The van der Waals surface area contributed by atoms with Crippen LogP contribution < -0.4 is 0 Å². The molecule has 21 heavy (non-hydrogen) atoms. The molecule has 0 aliphatic heterocycles. The topological polar surface area (TPSA) is 61.1 Å². The largest absolute Gasteiger partial charge is 0.478 e. The summed E-state index contributed by atoms with van der Waals surface area (Å²) in [5, 5.41) is 18.2. The van der Waals surface area contributed by atoms with E-state index in [4.69, 9.17) is 5.11 Å². The van der Waals surface area contributed by atoms with Crippen LogP contribution in [0.1, 0.15) is 21.5 Å². The van der Waals surface area contributed by atoms with Crippen molar-refractivity contribution in [1.82, 2.24) is 0 Å². The number of benzene rings is 2. The van der Waals surface area contributed by atoms with E-state index in [1.54, 1.807) is 24.3 Å². The molecule has 0 aliphatic carbocycles. The van der Waals surface area contributed by atoms with Crippen LogP contribution in [0.4, 0.5) is 4.39 Å². The van der Waals surface area contributed by atoms with Crippen molar-refractivity contribution in [1.29, 1.82) is 5.26 Å². The van der Waals surface area contributed by atoms with E-state index in [0.29, 0.717) is 21.2 Å². The van der Waals surface area contributed by atoms with Gasteiger partial charge in [-0.15, -0.1) is 0 Å². The van der Waals surface area contributed by atoms with Crippen LogP contribution in [0.15, 0.2) is 46.9 Å². The highest BCUT2D eigenvalue weighted by molar-refractivity contribution is 9.10. The zero-order valence-electron chi connectivity index (χ0n) is 10.7. The van der Waals surface area contributed by atoms with Crippen molar-refractivity contribution >= 4 is 33.5 Å². The van der Waals surface area contributed by atoms with E-state index < -0.39 is 11.8 Å². The number of hydrogen-bond acceptors (Lipinski definition) is 2. The van der Waals surface area contributed by atoms with Gasteiger partial charge in [-0.05, 0) is 57.4 Å². The van der Waals surface area contributed by atoms with Crippen molar-refractivity contribution in [3.05, 3.63) is 69.4 Å². The van der Waals surface area contributed by atoms with E-state index in [1.165, 1.54) is 24.3 Å². The van der Waals surface area contributed by atoms with Crippen LogP contribution in [0.5, 0.6) is 0 Å². The van der Waals surface area contributed by atoms with Crippen molar-refractivity contribution in [2.24, 2.45) is 0 Å². The van der Waals surface area contributed by atoms with Crippen LogP contribution >= 0.6 is 15.9 Å². The summed E-state index contributed by atoms with van der Waals surface area (Å²) < 4.78 is 13.6. The molecule has 0 bridgehead atoms. The minimum atomic E-state index is -1.04. The van der Waals surface area contributed by atoms with Gasteiger partial charge in [-0.2, -0.15) is 5.26 Å². The Kier molecular flexibility index (Phi) is 4.51. The second kappa shape index (κ2) is 6.33. The second-order valence-corrected chi connectivity index (χ2v) is 5.08. The lowest BCUT2D eigenvalue weighted by Gasteiger charge is -2.03. The Morgan fingerprint density at radius 3 is 2.62 bits per heavy atom. The van der Waals surface area contributed by atoms with E-state index in [9.17, 15) is 14.4 Å². The predicted octanol–water partition coefficient (Wildman–Crippen LogP) is 4.35. The third kappa shape index (κ3) is 3.56. The van der Waals surface area contributed by atoms with E-state index >= 15 is 0 Å². The Morgan fingerprint density at radius 1 is 1.29 bits per heavy atom. The number of nitrogens with zero attached hydrogens (tertiary/aromatic N) is 1. The minimum Gasteiger partial charge on any atom is -0.478 e. The molecule has 3 nitrogen and oxygen atoms in total. The molecule has 0 saturated heterocycles. The molecule has 0 saturated carbocycles. The van der Waals surface area contributed by atoms with Gasteiger partial charge in [0.2, 0.25) is 0 Å². The fraction of sp³-hybridized carbons (Fsp3) is 0. The highest BCUT2D eigenvalue weighted by atomic mass is 79.9. The van der Waals surface area contributed by atoms with Crippen LogP contribution in [-0.4, -0.2) is 11.1 Å². The Hall–Kier alpha value is -2.45. The summed E-state index contributed by atoms with van der Waals surface area (Å²) in [7, 11) is 0. The maximum absolute atomic E-state index is 13.2. The third-order valence-corrected chi connectivity index (χ3v) is 3.45. The molecule has 2 rings (SSSR count). The van der Waals surface area contributed by atoms with Crippen molar-refractivity contribution in [3.8, 4) is 6.07 Å². The van der Waals surface area contributed by atoms with Crippen LogP contribution in [0, 0.1) is 17.1 Å². The van der Waals surface area contributed by atoms with Gasteiger partial charge in [0.1, 0.15) is 5.82 Å². The fourth-order valence-electron chi connectivity index (χ4n) is 1.80. The van der Waals surface area contributed by atoms with Crippen molar-refractivity contribution < 1.29 is 14.3 Å². The molecular formula is C16H9BrFNO2. The van der Waals surface area contributed by atoms with Crippen LogP contribution in [0.2, 0.25) is 0 Å². The molecule has 0 aliphatic rings. The fourth-order valence-corrected chi connectivity index (χ4v) is 2.36. The minimum absolute atomic E-state index is 0.136. The summed E-state index contributed by atoms with van der Waals surface area (Å²) in [4.78, 5) is 10.9. The Balaban J connectivity index is 2.44. The lowest BCUT2D eigenvalue weighted by atomic mass is 10.0. The van der Waals surface area contributed by atoms with Gasteiger partial charge in [0.05, 0.1) is 17.2 Å². The second-order valence-electron chi connectivity index (χ2n) is 4.22. The van der Waals surface area contributed by atoms with Crippen LogP contribution in [0.25, 0.3) is 11.6 Å². The zero-order chi connectivity index (χ0) is 15.4. The van der Waals surface area contributed by atoms with Gasteiger partial charge in [-0.3, -0.25) is 0 Å². The van der Waals surface area contributed by atoms with Gasteiger partial charge in [0.25, 0.3) is 0 Å². The van der Waals surface area contributed by atoms with E-state index in [2.05, 4.69) is 15.9 Å². The number of aromatic carboxylic acids is 1. The molecule has 0 fully saturated rings. The first-order chi connectivity index (χ1) is 10.0. The summed E-state index contributed by atoms with van der Waals surface area (Å²) in [6.07, 6.45) is 1.57. The average Bonchev–Trinajstić information content (AvgIpc) is 2.44. The quantitative estimate of drug-likeness (QED) is 0.664. The third-order valence-electron chi connectivity index (χ3n) is 2.79. The number of rotatable bonds is 3. The number of allylic oxidation sites excluding steroid dienone is 1. The number of carboxylic acids is 1. The molecule has 2 aromatic rings. The van der Waals surface area contributed by atoms with Crippen molar-refractivity contribution in [2.75, 3.05) is 0 Å². The number of halogens is 2. The van der Waals surface area contributed by atoms with E-state index in [-0.39, 0.29) is 5.56 Å². The van der Waals surface area contributed by atoms with Gasteiger partial charge in [0, 0.05) is 4.47 Å². The van der Waals surface area contributed by atoms with Gasteiger partial charge in [-0.1, -0.05) is 18.2 Å². The molecule has 0 radical (unpaired) electrons. The molecular weight excluding hydrogens is 337 g/mol. The lowest BCUT2D eigenvalue weighted by Crippen LogP contribution is -1.97. The molecule has 2 aromatic carbocycles. The Bertz CT molecular complexity index is 778. The van der Waals surface area contributed by atoms with Crippen molar-refractivity contribution in [3.63, 3.8) is 0 Å². The summed E-state index contributed by atoms with van der Waals surface area (Å²) in [6, 6.07) is 12.4. The lowest BCUT2D eigenvalue weighted by molar-refractivity contribution is 0.0696. The summed E-state index contributed by atoms with van der Waals surface area (Å²) >= 11 is 3.17. The summed E-state index contributed by atoms with van der Waals surface area (Å²) in [5.41, 5.74) is 1.55. The van der Waals surface area contributed by atoms with Gasteiger partial charge in [0.15, 0.2) is 0 Å². The predicted molar refractivity (Wildman–Crippen MR) is 81.0 cm³/mol. The van der Waals surface area contributed by atoms with E-state index in [1.807, 2.05) is 6.07 Å². The molecule has 0 atom stereocenters. The Labute approximate surface area is 129 Å². The Morgan fingerprint density at radius 2 is 2.05 bits per heavy atom. The maximum Gasteiger partial charge on any atom is 0.336 e. The molecule has 1 N–H and O–H groups in total. The molecule has 0 spiro atoms. The van der Waals surface area contributed by atoms with Crippen molar-refractivity contribution in [2.45, 2.75) is 0 Å². The standard InChI is InChI=1S/C16H9BrFNO2/c17-15-7-10(4-5-14(15)16(20)21)6-12(9-19)11-2-1-3-13(18)8-11/h1-8H,(H,20,21)/b12-6+.